The monoisotopic (exact) mass is 578 g/mol. The fourth-order valence-corrected chi connectivity index (χ4v) is 13.9. The van der Waals surface area contributed by atoms with Crippen LogP contribution in [0, 0.1) is 0 Å². The van der Waals surface area contributed by atoms with Crippen LogP contribution >= 0.6 is 36.2 Å². The summed E-state index contributed by atoms with van der Waals surface area (Å²) in [5.74, 6) is 0. The van der Waals surface area contributed by atoms with E-state index < -0.39 is 21.3 Å². The number of benzene rings is 3. The van der Waals surface area contributed by atoms with Crippen LogP contribution in [-0.4, -0.2) is 3.21 Å². The molecule has 3 aromatic carbocycles. The van der Waals surface area contributed by atoms with Crippen molar-refractivity contribution in [1.82, 2.24) is 0 Å². The first-order valence-corrected chi connectivity index (χ1v) is 15.8. The fourth-order valence-electron chi connectivity index (χ4n) is 5.24. The number of hydrogen-bond donors (Lipinski definition) is 0. The molecule has 0 saturated heterocycles. The minimum absolute atomic E-state index is 0. The number of thiophene rings is 1. The van der Waals surface area contributed by atoms with Crippen LogP contribution < -0.4 is 3.27 Å². The van der Waals surface area contributed by atoms with Crippen LogP contribution in [0.25, 0.3) is 16.7 Å². The molecule has 4 aromatic rings. The number of hydrogen-bond acceptors (Lipinski definition) is 1. The van der Waals surface area contributed by atoms with Crippen molar-refractivity contribution >= 4 is 48.2 Å². The molecule has 170 valence electrons. The number of allylic oxidation sites excluding steroid dienone is 4. The normalized spacial score (nSPS) is 14.1. The molecule has 6 rings (SSSR count). The Kier molecular flexibility index (Phi) is 8.06. The van der Waals surface area contributed by atoms with Crippen molar-refractivity contribution in [2.45, 2.75) is 19.8 Å². The zero-order chi connectivity index (χ0) is 21.5. The molecule has 2 aliphatic rings. The maximum Gasteiger partial charge on any atom is -0.147 e. The molecule has 0 spiro atoms. The molecule has 1 aromatic heterocycles. The summed E-state index contributed by atoms with van der Waals surface area (Å²) >= 11 is -0.587. The Hall–Kier alpha value is -1.83. The van der Waals surface area contributed by atoms with Crippen molar-refractivity contribution in [1.29, 1.82) is 0 Å². The van der Waals surface area contributed by atoms with Crippen LogP contribution in [0.15, 0.2) is 105 Å². The molecule has 0 bridgehead atoms. The second-order valence-electron chi connectivity index (χ2n) is 8.54. The molecule has 34 heavy (non-hydrogen) atoms. The molecule has 0 saturated carbocycles. The first-order chi connectivity index (χ1) is 15.8. The third-order valence-electron chi connectivity index (χ3n) is 6.77. The molecule has 0 fully saturated rings. The quantitative estimate of drug-likeness (QED) is 0.202. The van der Waals surface area contributed by atoms with Crippen molar-refractivity contribution < 1.29 is 21.3 Å². The Morgan fingerprint density at radius 3 is 2.38 bits per heavy atom. The van der Waals surface area contributed by atoms with Crippen molar-refractivity contribution in [3.63, 3.8) is 0 Å². The van der Waals surface area contributed by atoms with Gasteiger partial charge in [-0.25, -0.2) is 0 Å². The Balaban J connectivity index is 0.00000137. The van der Waals surface area contributed by atoms with Gasteiger partial charge in [0.25, 0.3) is 0 Å². The van der Waals surface area contributed by atoms with E-state index in [0.717, 1.165) is 12.8 Å². The first kappa shape index (κ1) is 25.3. The summed E-state index contributed by atoms with van der Waals surface area (Å²) in [7, 11) is 0. The second-order valence-corrected chi connectivity index (χ2v) is 15.8. The predicted molar refractivity (Wildman–Crippen MR) is 150 cm³/mol. The summed E-state index contributed by atoms with van der Waals surface area (Å²) in [6, 6.07) is 29.5. The number of fused-ring (bicyclic) bond motifs is 3. The van der Waals surface area contributed by atoms with Crippen molar-refractivity contribution in [3.05, 3.63) is 127 Å². The fraction of sp³-hybridized carbons (Fsp3) is 0.100. The molecule has 0 unspecified atom stereocenters. The van der Waals surface area contributed by atoms with Crippen LogP contribution in [0.4, 0.5) is 0 Å². The van der Waals surface area contributed by atoms with Gasteiger partial charge >= 0.3 is 203 Å². The van der Waals surface area contributed by atoms with E-state index in [4.69, 9.17) is 0 Å². The molecule has 0 amide bonds. The third-order valence-corrected chi connectivity index (χ3v) is 15.1. The van der Waals surface area contributed by atoms with E-state index in [1.54, 1.807) is 26.7 Å². The summed E-state index contributed by atoms with van der Waals surface area (Å²) in [6.45, 7) is 2.42. The molecular weight excluding hydrogens is 555 g/mol. The average Bonchev–Trinajstić information content (AvgIpc) is 3.59. The van der Waals surface area contributed by atoms with Gasteiger partial charge in [0.15, 0.2) is 0 Å². The van der Waals surface area contributed by atoms with E-state index in [0.29, 0.717) is 0 Å². The maximum absolute atomic E-state index is 2.46. The molecule has 1 heterocycles. The van der Waals surface area contributed by atoms with E-state index in [9.17, 15) is 0 Å². The van der Waals surface area contributed by atoms with Gasteiger partial charge in [-0.3, -0.25) is 0 Å². The summed E-state index contributed by atoms with van der Waals surface area (Å²) in [5, 5.41) is 4.52. The molecule has 0 nitrogen and oxygen atoms in total. The smallest absolute Gasteiger partial charge is 0.147 e. The minimum atomic E-state index is -2.39. The van der Waals surface area contributed by atoms with E-state index in [-0.39, 0.29) is 24.8 Å². The summed E-state index contributed by atoms with van der Waals surface area (Å²) < 4.78 is 5.01. The number of rotatable bonds is 4. The summed E-state index contributed by atoms with van der Waals surface area (Å²) in [5.41, 5.74) is 10.3. The molecule has 4 heteroatoms. The third kappa shape index (κ3) is 4.43. The zero-order valence-corrected chi connectivity index (χ0v) is 23.9. The van der Waals surface area contributed by atoms with E-state index in [1.807, 2.05) is 0 Å². The predicted octanol–water partition coefficient (Wildman–Crippen LogP) is 8.02. The van der Waals surface area contributed by atoms with Gasteiger partial charge in [-0.1, -0.05) is 0 Å². The van der Waals surface area contributed by atoms with Crippen molar-refractivity contribution in [2.24, 2.45) is 0 Å². The zero-order valence-electron chi connectivity index (χ0n) is 19.0. The molecule has 0 radical (unpaired) electrons. The van der Waals surface area contributed by atoms with Gasteiger partial charge in [-0.15, -0.1) is 24.8 Å². The summed E-state index contributed by atoms with van der Waals surface area (Å²) in [6.07, 6.45) is 6.94. The van der Waals surface area contributed by atoms with Crippen molar-refractivity contribution in [2.75, 3.05) is 0 Å². The molecule has 2 aliphatic carbocycles. The van der Waals surface area contributed by atoms with E-state index in [2.05, 4.69) is 109 Å². The Labute approximate surface area is 226 Å². The molecule has 0 N–H and O–H groups in total. The Bertz CT molecular complexity index is 1410. The average molecular weight is 581 g/mol. The van der Waals surface area contributed by atoms with Gasteiger partial charge in [0, 0.05) is 0 Å². The minimum Gasteiger partial charge on any atom is -0.147 e. The van der Waals surface area contributed by atoms with E-state index in [1.165, 1.54) is 33.4 Å². The van der Waals surface area contributed by atoms with Gasteiger partial charge in [-0.05, 0) is 0 Å². The molecule has 0 aliphatic heterocycles. The largest absolute Gasteiger partial charge is 0.147 e. The summed E-state index contributed by atoms with van der Waals surface area (Å²) in [4.78, 5) is 0. The number of halogens is 2. The van der Waals surface area contributed by atoms with Gasteiger partial charge < -0.3 is 0 Å². The van der Waals surface area contributed by atoms with Gasteiger partial charge in [-0.2, -0.15) is 0 Å². The van der Waals surface area contributed by atoms with Gasteiger partial charge in [0.05, 0.1) is 0 Å². The molecular formula is C30H26Cl2SZr. The Morgan fingerprint density at radius 1 is 0.824 bits per heavy atom. The first-order valence-electron chi connectivity index (χ1n) is 11.2. The van der Waals surface area contributed by atoms with Crippen molar-refractivity contribution in [3.8, 4) is 11.1 Å². The van der Waals surface area contributed by atoms with Gasteiger partial charge in [0.1, 0.15) is 0 Å². The molecule has 0 atom stereocenters. The SMILES string of the molecule is C/[C](c1ccccc1)=[Zr](\[C]1=C(c2ccsc2)C=CC1)[c]1cccc2c1Cc1ccccc1-2.Cl.Cl. The van der Waals surface area contributed by atoms with Crippen LogP contribution in [0.1, 0.15) is 35.6 Å². The van der Waals surface area contributed by atoms with Crippen LogP contribution in [0.2, 0.25) is 0 Å². The Morgan fingerprint density at radius 2 is 1.59 bits per heavy atom. The maximum atomic E-state index is 2.46. The van der Waals surface area contributed by atoms with Crippen LogP contribution in [0.3, 0.4) is 0 Å². The standard InChI is InChI=1S/C13H9.C9H7S.C8H8.2ClH.Zr/c1-3-7-12-10(5-1)9-11-6-2-4-8-13(11)12;1-2-4-8(3-1)9-5-6-10-7-9;1-2-8-6-4-3-5-7-8;;;/h1-5,7-8H,9H2;1,3,5-7H,2H2;3-7H,1H3;2*1H;. The van der Waals surface area contributed by atoms with Gasteiger partial charge in [0.2, 0.25) is 0 Å². The second kappa shape index (κ2) is 10.8. The van der Waals surface area contributed by atoms with Crippen LogP contribution in [0.5, 0.6) is 0 Å². The van der Waals surface area contributed by atoms with E-state index >= 15 is 0 Å². The topological polar surface area (TPSA) is 0 Å². The van der Waals surface area contributed by atoms with Crippen LogP contribution in [-0.2, 0) is 27.7 Å².